The fourth-order valence-corrected chi connectivity index (χ4v) is 1.62. The molecule has 0 bridgehead atoms. The number of aromatic nitrogens is 5. The van der Waals surface area contributed by atoms with Gasteiger partial charge in [0.05, 0.1) is 6.20 Å². The Kier molecular flexibility index (Phi) is 4.53. The fourth-order valence-electron chi connectivity index (χ4n) is 1.62. The van der Waals surface area contributed by atoms with Crippen LogP contribution in [0.25, 0.3) is 11.5 Å². The molecule has 0 unspecified atom stereocenters. The van der Waals surface area contributed by atoms with Crippen LogP contribution in [-0.2, 0) is 16.5 Å². The second-order valence-corrected chi connectivity index (χ2v) is 3.75. The topological polar surface area (TPSA) is 75.0 Å². The van der Waals surface area contributed by atoms with Crippen LogP contribution < -0.4 is 0 Å². The van der Waals surface area contributed by atoms with Crippen molar-refractivity contribution in [3.05, 3.63) is 24.4 Å². The summed E-state index contributed by atoms with van der Waals surface area (Å²) < 4.78 is 12.7. The van der Waals surface area contributed by atoms with Crippen molar-refractivity contribution in [1.82, 2.24) is 24.7 Å². The molecular weight excluding hydrogens is 246 g/mol. The van der Waals surface area contributed by atoms with Crippen molar-refractivity contribution in [2.24, 2.45) is 7.05 Å². The van der Waals surface area contributed by atoms with Gasteiger partial charge < -0.3 is 9.47 Å². The number of hydrogen-bond donors (Lipinski definition) is 0. The van der Waals surface area contributed by atoms with Gasteiger partial charge in [-0.3, -0.25) is 4.98 Å². The van der Waals surface area contributed by atoms with Crippen molar-refractivity contribution in [1.29, 1.82) is 0 Å². The maximum atomic E-state index is 5.52. The lowest BCUT2D eigenvalue weighted by Gasteiger charge is -2.15. The molecule has 2 rings (SSSR count). The monoisotopic (exact) mass is 263 g/mol. The summed E-state index contributed by atoms with van der Waals surface area (Å²) in [7, 11) is 1.80. The summed E-state index contributed by atoms with van der Waals surface area (Å²) in [6.45, 7) is 4.90. The first-order chi connectivity index (χ1) is 9.26. The van der Waals surface area contributed by atoms with Gasteiger partial charge in [-0.25, -0.2) is 14.6 Å². The van der Waals surface area contributed by atoms with Crippen molar-refractivity contribution in [2.45, 2.75) is 20.1 Å². The molecule has 19 heavy (non-hydrogen) atoms. The zero-order valence-electron chi connectivity index (χ0n) is 11.3. The Morgan fingerprint density at radius 3 is 2.53 bits per heavy atom. The van der Waals surface area contributed by atoms with Crippen LogP contribution in [0.3, 0.4) is 0 Å². The first-order valence-corrected chi connectivity index (χ1v) is 6.16. The van der Waals surface area contributed by atoms with E-state index in [1.165, 1.54) is 0 Å². The lowest BCUT2D eigenvalue weighted by atomic mass is 10.4. The summed E-state index contributed by atoms with van der Waals surface area (Å²) in [5, 5.41) is 4.31. The van der Waals surface area contributed by atoms with Crippen LogP contribution in [0.2, 0.25) is 0 Å². The lowest BCUT2D eigenvalue weighted by molar-refractivity contribution is -0.146. The van der Waals surface area contributed by atoms with Crippen LogP contribution in [0.15, 0.2) is 18.6 Å². The van der Waals surface area contributed by atoms with Gasteiger partial charge in [-0.05, 0) is 13.8 Å². The molecule has 2 heterocycles. The van der Waals surface area contributed by atoms with E-state index in [4.69, 9.17) is 9.47 Å². The van der Waals surface area contributed by atoms with E-state index in [9.17, 15) is 0 Å². The van der Waals surface area contributed by atoms with E-state index in [1.807, 2.05) is 13.8 Å². The molecule has 7 heteroatoms. The second-order valence-electron chi connectivity index (χ2n) is 3.75. The van der Waals surface area contributed by atoms with Gasteiger partial charge in [-0.2, -0.15) is 0 Å². The van der Waals surface area contributed by atoms with Crippen LogP contribution in [-0.4, -0.2) is 37.9 Å². The third-order valence-corrected chi connectivity index (χ3v) is 2.44. The minimum Gasteiger partial charge on any atom is -0.346 e. The van der Waals surface area contributed by atoms with Gasteiger partial charge in [0.2, 0.25) is 12.1 Å². The summed E-state index contributed by atoms with van der Waals surface area (Å²) in [6, 6.07) is 0. The number of ether oxygens (including phenoxy) is 2. The maximum Gasteiger partial charge on any atom is 0.218 e. The third kappa shape index (κ3) is 3.12. The standard InChI is InChI=1S/C12H17N5O2/c1-4-18-12(19-5-2)11-15-10(16-17(11)3)9-8-13-6-7-14-9/h6-8,12H,4-5H2,1-3H3. The SMILES string of the molecule is CCOC(OCC)c1nc(-c2cnccn2)nn1C. The highest BCUT2D eigenvalue weighted by atomic mass is 16.7. The minimum absolute atomic E-state index is 0.509. The molecule has 0 aliphatic heterocycles. The molecule has 0 aromatic carbocycles. The Balaban J connectivity index is 2.29. The van der Waals surface area contributed by atoms with E-state index < -0.39 is 6.29 Å². The van der Waals surface area contributed by atoms with Gasteiger partial charge in [-0.15, -0.1) is 5.10 Å². The summed E-state index contributed by atoms with van der Waals surface area (Å²) >= 11 is 0. The van der Waals surface area contributed by atoms with E-state index >= 15 is 0 Å². The smallest absolute Gasteiger partial charge is 0.218 e. The Labute approximate surface area is 111 Å². The Hall–Kier alpha value is -1.86. The molecule has 102 valence electrons. The van der Waals surface area contributed by atoms with Crippen molar-refractivity contribution < 1.29 is 9.47 Å². The Bertz CT molecular complexity index is 508. The zero-order valence-corrected chi connectivity index (χ0v) is 11.3. The molecular formula is C12H17N5O2. The van der Waals surface area contributed by atoms with Crippen LogP contribution in [0, 0.1) is 0 Å². The van der Waals surface area contributed by atoms with Crippen LogP contribution >= 0.6 is 0 Å². The first-order valence-electron chi connectivity index (χ1n) is 6.16. The molecule has 0 aliphatic carbocycles. The number of nitrogens with zero attached hydrogens (tertiary/aromatic N) is 5. The maximum absolute atomic E-state index is 5.52. The molecule has 0 spiro atoms. The number of aryl methyl sites for hydroxylation is 1. The van der Waals surface area contributed by atoms with E-state index in [0.29, 0.717) is 30.6 Å². The molecule has 0 atom stereocenters. The molecule has 0 saturated heterocycles. The van der Waals surface area contributed by atoms with E-state index in [0.717, 1.165) is 0 Å². The molecule has 0 radical (unpaired) electrons. The average molecular weight is 263 g/mol. The predicted octanol–water partition coefficient (Wildman–Crippen LogP) is 1.34. The Morgan fingerprint density at radius 1 is 1.21 bits per heavy atom. The molecule has 7 nitrogen and oxygen atoms in total. The first kappa shape index (κ1) is 13.6. The van der Waals surface area contributed by atoms with Crippen molar-refractivity contribution >= 4 is 0 Å². The van der Waals surface area contributed by atoms with Gasteiger partial charge >= 0.3 is 0 Å². The van der Waals surface area contributed by atoms with Crippen LogP contribution in [0.1, 0.15) is 26.0 Å². The van der Waals surface area contributed by atoms with Crippen molar-refractivity contribution in [3.8, 4) is 11.5 Å². The summed E-state index contributed by atoms with van der Waals surface area (Å²) in [4.78, 5) is 12.6. The molecule has 0 saturated carbocycles. The summed E-state index contributed by atoms with van der Waals surface area (Å²) in [5.74, 6) is 1.12. The highest BCUT2D eigenvalue weighted by Gasteiger charge is 2.20. The van der Waals surface area contributed by atoms with E-state index in [-0.39, 0.29) is 0 Å². The van der Waals surface area contributed by atoms with Gasteiger partial charge in [0, 0.05) is 32.7 Å². The largest absolute Gasteiger partial charge is 0.346 e. The molecule has 0 aliphatic rings. The van der Waals surface area contributed by atoms with Crippen LogP contribution in [0.5, 0.6) is 0 Å². The fraction of sp³-hybridized carbons (Fsp3) is 0.500. The average Bonchev–Trinajstić information content (AvgIpc) is 2.82. The molecule has 0 fully saturated rings. The van der Waals surface area contributed by atoms with Gasteiger partial charge in [0.1, 0.15) is 5.69 Å². The van der Waals surface area contributed by atoms with Gasteiger partial charge in [0.25, 0.3) is 0 Å². The van der Waals surface area contributed by atoms with E-state index in [1.54, 1.807) is 30.3 Å². The summed E-state index contributed by atoms with van der Waals surface area (Å²) in [6.07, 6.45) is 4.32. The van der Waals surface area contributed by atoms with Crippen molar-refractivity contribution in [3.63, 3.8) is 0 Å². The van der Waals surface area contributed by atoms with Crippen LogP contribution in [0.4, 0.5) is 0 Å². The highest BCUT2D eigenvalue weighted by Crippen LogP contribution is 2.19. The normalized spacial score (nSPS) is 11.2. The third-order valence-electron chi connectivity index (χ3n) is 2.44. The molecule has 0 N–H and O–H groups in total. The minimum atomic E-state index is -0.516. The molecule has 2 aromatic heterocycles. The lowest BCUT2D eigenvalue weighted by Crippen LogP contribution is -2.14. The molecule has 2 aromatic rings. The van der Waals surface area contributed by atoms with Gasteiger partial charge in [-0.1, -0.05) is 0 Å². The zero-order chi connectivity index (χ0) is 13.7. The number of rotatable bonds is 6. The summed E-state index contributed by atoms with van der Waals surface area (Å²) in [5.41, 5.74) is 0.621. The Morgan fingerprint density at radius 2 is 1.95 bits per heavy atom. The predicted molar refractivity (Wildman–Crippen MR) is 68.0 cm³/mol. The van der Waals surface area contributed by atoms with E-state index in [2.05, 4.69) is 20.1 Å². The highest BCUT2D eigenvalue weighted by molar-refractivity contribution is 5.46. The second kappa shape index (κ2) is 6.35. The number of hydrogen-bond acceptors (Lipinski definition) is 6. The van der Waals surface area contributed by atoms with Crippen molar-refractivity contribution in [2.75, 3.05) is 13.2 Å². The quantitative estimate of drug-likeness (QED) is 0.732. The van der Waals surface area contributed by atoms with Gasteiger partial charge in [0.15, 0.2) is 5.82 Å². The molecule has 0 amide bonds.